The molecule has 4 atom stereocenters. The molecule has 5 nitrogen and oxygen atoms in total. The minimum Gasteiger partial charge on any atom is -0.462 e. The maximum Gasteiger partial charge on any atom is 0.338 e. The zero-order valence-corrected chi connectivity index (χ0v) is 14.6. The van der Waals surface area contributed by atoms with E-state index in [0.717, 1.165) is 19.3 Å². The van der Waals surface area contributed by atoms with Crippen LogP contribution in [-0.2, 0) is 14.3 Å². The number of benzene rings is 1. The lowest BCUT2D eigenvalue weighted by molar-refractivity contribution is -0.123. The van der Waals surface area contributed by atoms with Crippen molar-refractivity contribution in [3.8, 4) is 0 Å². The molecule has 1 saturated heterocycles. The predicted octanol–water partition coefficient (Wildman–Crippen LogP) is 3.03. The van der Waals surface area contributed by atoms with Crippen molar-refractivity contribution < 1.29 is 19.1 Å². The lowest BCUT2D eigenvalue weighted by Gasteiger charge is -2.19. The van der Waals surface area contributed by atoms with Crippen molar-refractivity contribution in [2.24, 2.45) is 29.6 Å². The summed E-state index contributed by atoms with van der Waals surface area (Å²) in [5.41, 5.74) is 0.863. The number of anilines is 1. The highest BCUT2D eigenvalue weighted by atomic mass is 16.5. The summed E-state index contributed by atoms with van der Waals surface area (Å²) in [6, 6.07) is 6.67. The van der Waals surface area contributed by atoms with Crippen LogP contribution in [0.2, 0.25) is 0 Å². The molecular formula is C20H23NO4. The van der Waals surface area contributed by atoms with Crippen molar-refractivity contribution in [2.75, 3.05) is 11.5 Å². The Morgan fingerprint density at radius 3 is 2.40 bits per heavy atom. The van der Waals surface area contributed by atoms with Crippen LogP contribution in [0, 0.1) is 29.6 Å². The smallest absolute Gasteiger partial charge is 0.338 e. The summed E-state index contributed by atoms with van der Waals surface area (Å²) in [6.07, 6.45) is 3.13. The SMILES string of the molecule is CC(C)COC(=O)c1cccc(N2C(=O)[C@@H]3[C@@H]4CC[C@H](C4)[C@@H]3C2=O)c1. The number of rotatable bonds is 4. The second-order valence-electron chi connectivity index (χ2n) is 7.94. The number of carbonyl (C=O) groups is 3. The Labute approximate surface area is 147 Å². The van der Waals surface area contributed by atoms with E-state index in [1.165, 1.54) is 4.90 Å². The lowest BCUT2D eigenvalue weighted by Crippen LogP contribution is -2.32. The van der Waals surface area contributed by atoms with E-state index in [1.54, 1.807) is 24.3 Å². The van der Waals surface area contributed by atoms with Gasteiger partial charge in [-0.25, -0.2) is 4.79 Å². The van der Waals surface area contributed by atoms with Crippen molar-refractivity contribution in [3.63, 3.8) is 0 Å². The Balaban J connectivity index is 1.58. The summed E-state index contributed by atoms with van der Waals surface area (Å²) in [5, 5.41) is 0. The van der Waals surface area contributed by atoms with Crippen molar-refractivity contribution in [1.82, 2.24) is 0 Å². The van der Waals surface area contributed by atoms with Gasteiger partial charge in [0.15, 0.2) is 0 Å². The quantitative estimate of drug-likeness (QED) is 0.624. The molecule has 0 unspecified atom stereocenters. The van der Waals surface area contributed by atoms with Crippen LogP contribution in [0.1, 0.15) is 43.5 Å². The van der Waals surface area contributed by atoms with Gasteiger partial charge in [-0.1, -0.05) is 19.9 Å². The molecule has 0 N–H and O–H groups in total. The average molecular weight is 341 g/mol. The van der Waals surface area contributed by atoms with Gasteiger partial charge in [-0.2, -0.15) is 0 Å². The van der Waals surface area contributed by atoms with Crippen LogP contribution >= 0.6 is 0 Å². The second kappa shape index (κ2) is 5.97. The molecule has 5 heteroatoms. The van der Waals surface area contributed by atoms with Crippen LogP contribution in [0.3, 0.4) is 0 Å². The Kier molecular flexibility index (Phi) is 3.89. The topological polar surface area (TPSA) is 63.7 Å². The zero-order valence-electron chi connectivity index (χ0n) is 14.6. The van der Waals surface area contributed by atoms with Crippen LogP contribution in [-0.4, -0.2) is 24.4 Å². The Bertz CT molecular complexity index is 713. The van der Waals surface area contributed by atoms with Gasteiger partial charge >= 0.3 is 5.97 Å². The van der Waals surface area contributed by atoms with Gasteiger partial charge in [-0.05, 0) is 55.2 Å². The molecule has 132 valence electrons. The van der Waals surface area contributed by atoms with Crippen LogP contribution in [0.5, 0.6) is 0 Å². The number of fused-ring (bicyclic) bond motifs is 5. The fourth-order valence-corrected chi connectivity index (χ4v) is 4.76. The molecule has 1 aromatic rings. The van der Waals surface area contributed by atoms with E-state index in [1.807, 2.05) is 13.8 Å². The number of hydrogen-bond donors (Lipinski definition) is 0. The summed E-state index contributed by atoms with van der Waals surface area (Å²) in [4.78, 5) is 39.2. The molecule has 0 radical (unpaired) electrons. The molecule has 2 saturated carbocycles. The first-order chi connectivity index (χ1) is 12.0. The molecule has 0 spiro atoms. The normalized spacial score (nSPS) is 30.3. The fraction of sp³-hybridized carbons (Fsp3) is 0.550. The van der Waals surface area contributed by atoms with E-state index in [0.29, 0.717) is 29.7 Å². The van der Waals surface area contributed by atoms with E-state index >= 15 is 0 Å². The third kappa shape index (κ3) is 2.57. The number of imide groups is 1. The molecule has 2 aliphatic carbocycles. The molecule has 2 bridgehead atoms. The van der Waals surface area contributed by atoms with E-state index in [9.17, 15) is 14.4 Å². The predicted molar refractivity (Wildman–Crippen MR) is 91.9 cm³/mol. The van der Waals surface area contributed by atoms with Crippen LogP contribution in [0.4, 0.5) is 5.69 Å². The van der Waals surface area contributed by atoms with Gasteiger partial charge in [0.25, 0.3) is 0 Å². The molecule has 1 heterocycles. The Morgan fingerprint density at radius 1 is 1.16 bits per heavy atom. The summed E-state index contributed by atoms with van der Waals surface area (Å²) >= 11 is 0. The number of nitrogens with zero attached hydrogens (tertiary/aromatic N) is 1. The maximum atomic E-state index is 12.9. The summed E-state index contributed by atoms with van der Waals surface area (Å²) < 4.78 is 5.25. The standard InChI is InChI=1S/C20H23NO4/c1-11(2)10-25-20(24)14-4-3-5-15(9-14)21-18(22)16-12-6-7-13(8-12)17(16)19(21)23/h3-5,9,11-13,16-17H,6-8,10H2,1-2H3/t12-,13-,16-,17+/m1/s1. The molecule has 25 heavy (non-hydrogen) atoms. The minimum atomic E-state index is -0.421. The zero-order chi connectivity index (χ0) is 17.7. The highest BCUT2D eigenvalue weighted by molar-refractivity contribution is 6.22. The van der Waals surface area contributed by atoms with Gasteiger partial charge < -0.3 is 4.74 Å². The highest BCUT2D eigenvalue weighted by Gasteiger charge is 2.61. The number of ether oxygens (including phenoxy) is 1. The van der Waals surface area contributed by atoms with Crippen LogP contribution in [0.25, 0.3) is 0 Å². The third-order valence-electron chi connectivity index (χ3n) is 5.82. The van der Waals surface area contributed by atoms with Gasteiger partial charge in [0.1, 0.15) is 0 Å². The monoisotopic (exact) mass is 341 g/mol. The first-order valence-electron chi connectivity index (χ1n) is 9.12. The van der Waals surface area contributed by atoms with Crippen molar-refractivity contribution >= 4 is 23.5 Å². The molecule has 3 fully saturated rings. The first-order valence-corrected chi connectivity index (χ1v) is 9.12. The van der Waals surface area contributed by atoms with Crippen molar-refractivity contribution in [3.05, 3.63) is 29.8 Å². The van der Waals surface area contributed by atoms with Crippen LogP contribution in [0.15, 0.2) is 24.3 Å². The third-order valence-corrected chi connectivity index (χ3v) is 5.82. The molecule has 3 aliphatic rings. The van der Waals surface area contributed by atoms with E-state index in [-0.39, 0.29) is 29.6 Å². The average Bonchev–Trinajstić information content (AvgIpc) is 3.26. The maximum absolute atomic E-state index is 12.9. The molecular weight excluding hydrogens is 318 g/mol. The van der Waals surface area contributed by atoms with Crippen LogP contribution < -0.4 is 4.90 Å². The van der Waals surface area contributed by atoms with Gasteiger partial charge in [-0.3, -0.25) is 14.5 Å². The number of amides is 2. The van der Waals surface area contributed by atoms with Gasteiger partial charge in [0.05, 0.1) is 29.7 Å². The summed E-state index contributed by atoms with van der Waals surface area (Å²) in [7, 11) is 0. The summed E-state index contributed by atoms with van der Waals surface area (Å²) in [6.45, 7) is 4.29. The van der Waals surface area contributed by atoms with E-state index < -0.39 is 5.97 Å². The summed E-state index contributed by atoms with van der Waals surface area (Å²) in [5.74, 6) is 0.0697. The molecule has 4 rings (SSSR count). The van der Waals surface area contributed by atoms with Gasteiger partial charge in [0.2, 0.25) is 11.8 Å². The molecule has 0 aromatic heterocycles. The molecule has 1 aliphatic heterocycles. The Morgan fingerprint density at radius 2 is 1.80 bits per heavy atom. The lowest BCUT2D eigenvalue weighted by atomic mass is 9.81. The number of esters is 1. The van der Waals surface area contributed by atoms with Crippen molar-refractivity contribution in [2.45, 2.75) is 33.1 Å². The van der Waals surface area contributed by atoms with Gasteiger partial charge in [0, 0.05) is 0 Å². The minimum absolute atomic E-state index is 0.0881. The number of hydrogen-bond acceptors (Lipinski definition) is 4. The van der Waals surface area contributed by atoms with Gasteiger partial charge in [-0.15, -0.1) is 0 Å². The van der Waals surface area contributed by atoms with E-state index in [4.69, 9.17) is 4.74 Å². The fourth-order valence-electron chi connectivity index (χ4n) is 4.76. The second-order valence-corrected chi connectivity index (χ2v) is 7.94. The largest absolute Gasteiger partial charge is 0.462 e. The van der Waals surface area contributed by atoms with E-state index in [2.05, 4.69) is 0 Å². The highest BCUT2D eigenvalue weighted by Crippen LogP contribution is 2.56. The molecule has 2 amide bonds. The number of carbonyl (C=O) groups excluding carboxylic acids is 3. The first kappa shape index (κ1) is 16.3. The molecule has 1 aromatic carbocycles. The van der Waals surface area contributed by atoms with Crippen molar-refractivity contribution in [1.29, 1.82) is 0 Å². The Hall–Kier alpha value is -2.17.